The van der Waals surface area contributed by atoms with Crippen LogP contribution in [0.25, 0.3) is 22.7 Å². The molecule has 5 heterocycles. The highest BCUT2D eigenvalue weighted by Gasteiger charge is 2.56. The van der Waals surface area contributed by atoms with E-state index < -0.39 is 67.6 Å². The van der Waals surface area contributed by atoms with E-state index in [1.54, 1.807) is 6.08 Å². The van der Waals surface area contributed by atoms with Gasteiger partial charge in [0.25, 0.3) is 0 Å². The Labute approximate surface area is 218 Å². The number of aliphatic hydroxyl groups excluding tert-OH is 4. The van der Waals surface area contributed by atoms with E-state index in [-0.39, 0.29) is 5.92 Å². The molecule has 10 unspecified atom stereocenters. The summed E-state index contributed by atoms with van der Waals surface area (Å²) in [6.45, 7) is 3.90. The van der Waals surface area contributed by atoms with Crippen LogP contribution in [-0.2, 0) is 23.7 Å². The number of nitrogens with one attached hydrogen (secondary N) is 1. The Morgan fingerprint density at radius 2 is 1.97 bits per heavy atom. The molecule has 3 saturated heterocycles. The van der Waals surface area contributed by atoms with Crippen LogP contribution in [-0.4, -0.2) is 99.8 Å². The highest BCUT2D eigenvalue weighted by atomic mass is 16.8. The highest BCUT2D eigenvalue weighted by molar-refractivity contribution is 5.83. The van der Waals surface area contributed by atoms with Gasteiger partial charge in [-0.1, -0.05) is 30.4 Å². The minimum absolute atomic E-state index is 0.308. The first-order valence-corrected chi connectivity index (χ1v) is 12.8. The number of fused-ring (bicyclic) bond motifs is 7. The van der Waals surface area contributed by atoms with Gasteiger partial charge in [-0.3, -0.25) is 4.79 Å². The molecule has 11 nitrogen and oxygen atoms in total. The summed E-state index contributed by atoms with van der Waals surface area (Å²) in [6, 6.07) is 8.09. The van der Waals surface area contributed by atoms with Gasteiger partial charge in [0.15, 0.2) is 12.6 Å². The van der Waals surface area contributed by atoms with Crippen molar-refractivity contribution in [3.05, 3.63) is 47.5 Å². The predicted octanol–water partition coefficient (Wildman–Crippen LogP) is -1.52. The molecule has 0 spiro atoms. The third-order valence-electron chi connectivity index (χ3n) is 8.32. The van der Waals surface area contributed by atoms with Crippen LogP contribution in [0.3, 0.4) is 0 Å². The Morgan fingerprint density at radius 3 is 2.71 bits per heavy atom. The quantitative estimate of drug-likeness (QED) is 0.228. The van der Waals surface area contributed by atoms with Crippen LogP contribution in [0.5, 0.6) is 0 Å². The number of para-hydroxylation sites is 1. The summed E-state index contributed by atoms with van der Waals surface area (Å²) in [5.74, 6) is -1.84. The van der Waals surface area contributed by atoms with Gasteiger partial charge in [0, 0.05) is 34.3 Å². The van der Waals surface area contributed by atoms with Crippen LogP contribution in [0.1, 0.15) is 6.42 Å². The Morgan fingerprint density at radius 1 is 1.18 bits per heavy atom. The maximum Gasteiger partial charge on any atom is 0.313 e. The van der Waals surface area contributed by atoms with E-state index in [9.17, 15) is 25.2 Å². The average molecular weight is 529 g/mol. The van der Waals surface area contributed by atoms with Gasteiger partial charge in [0.1, 0.15) is 36.6 Å². The number of carbonyl (C=O) groups is 1. The first-order valence-electron chi connectivity index (χ1n) is 12.8. The lowest BCUT2D eigenvalue weighted by molar-refractivity contribution is -0.368. The molecule has 5 N–H and O–H groups in total. The van der Waals surface area contributed by atoms with E-state index in [4.69, 9.17) is 18.9 Å². The molecule has 2 aromatic rings. The number of benzene rings is 1. The molecule has 0 radical (unpaired) electrons. The molecular weight excluding hydrogens is 496 g/mol. The first kappa shape index (κ1) is 25.5. The summed E-state index contributed by atoms with van der Waals surface area (Å²) in [6.07, 6.45) is -4.64. The van der Waals surface area contributed by atoms with Gasteiger partial charge in [-0.2, -0.15) is 0 Å². The van der Waals surface area contributed by atoms with Crippen molar-refractivity contribution in [3.63, 3.8) is 0 Å². The van der Waals surface area contributed by atoms with Gasteiger partial charge in [0.05, 0.1) is 19.1 Å². The van der Waals surface area contributed by atoms with Crippen molar-refractivity contribution in [2.24, 2.45) is 17.8 Å². The van der Waals surface area contributed by atoms with Crippen LogP contribution in [0, 0.1) is 17.8 Å². The number of hydrogen-bond donors (Lipinski definition) is 5. The molecule has 2 bridgehead atoms. The first-order chi connectivity index (χ1) is 18.4. The van der Waals surface area contributed by atoms with Gasteiger partial charge in [-0.25, -0.2) is 0 Å². The molecule has 1 aromatic heterocycles. The summed E-state index contributed by atoms with van der Waals surface area (Å²) in [7, 11) is 1.35. The van der Waals surface area contributed by atoms with Crippen molar-refractivity contribution in [1.29, 1.82) is 0 Å². The number of rotatable bonds is 5. The fourth-order valence-electron chi connectivity index (χ4n) is 6.39. The van der Waals surface area contributed by atoms with E-state index in [2.05, 4.69) is 23.7 Å². The van der Waals surface area contributed by atoms with Crippen LogP contribution in [0.15, 0.2) is 36.9 Å². The summed E-state index contributed by atoms with van der Waals surface area (Å²) < 4.78 is 23.2. The number of esters is 1. The number of nitrogens with zero attached hydrogens (tertiary/aromatic N) is 1. The van der Waals surface area contributed by atoms with Crippen LogP contribution in [0.2, 0.25) is 0 Å². The maximum absolute atomic E-state index is 13.0. The van der Waals surface area contributed by atoms with E-state index in [1.807, 2.05) is 23.1 Å². The number of aromatic nitrogens is 1. The predicted molar refractivity (Wildman–Crippen MR) is 133 cm³/mol. The molecule has 0 aliphatic carbocycles. The highest BCUT2D eigenvalue weighted by Crippen LogP contribution is 2.48. The minimum atomic E-state index is -1.59. The monoisotopic (exact) mass is 528 g/mol. The zero-order valence-corrected chi connectivity index (χ0v) is 20.8. The maximum atomic E-state index is 13.0. The Kier molecular flexibility index (Phi) is 6.55. The average Bonchev–Trinajstić information content (AvgIpc) is 3.32. The number of hydrogen-bond acceptors (Lipinski definition) is 10. The van der Waals surface area contributed by atoms with Crippen LogP contribution >= 0.6 is 0 Å². The Balaban J connectivity index is 1.38. The lowest BCUT2D eigenvalue weighted by atomic mass is 9.71. The second kappa shape index (κ2) is 9.76. The van der Waals surface area contributed by atoms with Crippen molar-refractivity contribution < 1.29 is 44.2 Å². The fraction of sp³-hybridized carbons (Fsp3) is 0.519. The molecule has 0 saturated carbocycles. The van der Waals surface area contributed by atoms with Crippen molar-refractivity contribution >= 4 is 28.6 Å². The van der Waals surface area contributed by atoms with Crippen molar-refractivity contribution in [2.75, 3.05) is 20.3 Å². The summed E-state index contributed by atoms with van der Waals surface area (Å²) in [5, 5.41) is 43.7. The Hall–Kier alpha value is -2.77. The van der Waals surface area contributed by atoms with Gasteiger partial charge >= 0.3 is 5.97 Å². The third kappa shape index (κ3) is 3.81. The SMILES string of the molecule is C=CC1C(OC2OC(CO)C(O)C(O)C2O)OC2C(C(=O)OC)C1CC1=c3[nH]c4ccccc4c3=CCN12. The normalized spacial score (nSPS) is 38.2. The van der Waals surface area contributed by atoms with E-state index in [0.29, 0.717) is 13.0 Å². The molecule has 4 aliphatic heterocycles. The smallest absolute Gasteiger partial charge is 0.313 e. The molecule has 10 atom stereocenters. The van der Waals surface area contributed by atoms with E-state index in [1.165, 1.54) is 7.11 Å². The number of ether oxygens (including phenoxy) is 4. The van der Waals surface area contributed by atoms with Gasteiger partial charge in [-0.15, -0.1) is 6.58 Å². The van der Waals surface area contributed by atoms with Crippen molar-refractivity contribution in [2.45, 2.75) is 49.6 Å². The fourth-order valence-corrected chi connectivity index (χ4v) is 6.39. The second-order valence-corrected chi connectivity index (χ2v) is 10.2. The minimum Gasteiger partial charge on any atom is -0.469 e. The summed E-state index contributed by atoms with van der Waals surface area (Å²) >= 11 is 0. The van der Waals surface area contributed by atoms with Crippen molar-refractivity contribution in [3.8, 4) is 0 Å². The number of H-pyrrole nitrogens is 1. The number of aliphatic hydroxyl groups is 4. The zero-order chi connectivity index (χ0) is 26.7. The second-order valence-electron chi connectivity index (χ2n) is 10.2. The molecule has 4 aliphatic rings. The molecule has 1 aromatic carbocycles. The largest absolute Gasteiger partial charge is 0.469 e. The molecule has 3 fully saturated rings. The van der Waals surface area contributed by atoms with Gasteiger partial charge in [0.2, 0.25) is 0 Å². The van der Waals surface area contributed by atoms with Gasteiger partial charge < -0.3 is 49.3 Å². The lowest BCUT2D eigenvalue weighted by Crippen LogP contribution is -2.64. The van der Waals surface area contributed by atoms with Crippen molar-refractivity contribution in [1.82, 2.24) is 9.88 Å². The van der Waals surface area contributed by atoms with Gasteiger partial charge in [-0.05, 0) is 18.4 Å². The molecule has 6 rings (SSSR count). The number of carbonyl (C=O) groups excluding carboxylic acids is 1. The number of piperidine rings is 1. The van der Waals surface area contributed by atoms with E-state index >= 15 is 0 Å². The van der Waals surface area contributed by atoms with Crippen LogP contribution in [0.4, 0.5) is 0 Å². The third-order valence-corrected chi connectivity index (χ3v) is 8.32. The molecule has 11 heteroatoms. The zero-order valence-electron chi connectivity index (χ0n) is 20.8. The summed E-state index contributed by atoms with van der Waals surface area (Å²) in [5.41, 5.74) is 2.04. The standard InChI is InChI=1S/C27H32N2O9/c1-3-12-15-10-17-20-14(13-6-4-5-7-16(13)28-20)8-9-29(17)24(19(15)25(34)35-2)37-26(12)38-27-23(33)22(32)21(31)18(11-30)36-27/h3-8,12,15,18-19,21-24,26-28,30-33H,1,9-11H2,2H3. The molecule has 204 valence electrons. The molecule has 0 amide bonds. The summed E-state index contributed by atoms with van der Waals surface area (Å²) in [4.78, 5) is 18.6. The number of aromatic amines is 1. The Bertz CT molecular complexity index is 1360. The molecule has 38 heavy (non-hydrogen) atoms. The number of methoxy groups -OCH3 is 1. The lowest BCUT2D eigenvalue weighted by Gasteiger charge is -2.54. The topological polar surface area (TPSA) is 154 Å². The molecular formula is C27H32N2O9. The van der Waals surface area contributed by atoms with Crippen LogP contribution < -0.4 is 10.6 Å². The van der Waals surface area contributed by atoms with E-state index in [0.717, 1.165) is 27.2 Å².